The van der Waals surface area contributed by atoms with Crippen molar-refractivity contribution >= 4 is 35.4 Å². The molecule has 0 saturated carbocycles. The summed E-state index contributed by atoms with van der Waals surface area (Å²) >= 11 is 2.96. The molecule has 2 aromatic rings. The average Bonchev–Trinajstić information content (AvgIpc) is 2.88. The van der Waals surface area contributed by atoms with Gasteiger partial charge in [-0.15, -0.1) is 16.9 Å². The van der Waals surface area contributed by atoms with Crippen LogP contribution in [0.15, 0.2) is 40.4 Å². The highest BCUT2D eigenvalue weighted by Gasteiger charge is 2.05. The zero-order valence-corrected chi connectivity index (χ0v) is 12.3. The lowest BCUT2D eigenvalue weighted by molar-refractivity contribution is -0.118. The lowest BCUT2D eigenvalue weighted by Crippen LogP contribution is -2.27. The number of nitrogens with one attached hydrogen (secondary N) is 2. The van der Waals surface area contributed by atoms with Gasteiger partial charge in [-0.2, -0.15) is 4.98 Å². The minimum absolute atomic E-state index is 0.0352. The monoisotopic (exact) mass is 309 g/mol. The Morgan fingerprint density at radius 1 is 1.30 bits per heavy atom. The molecule has 0 unspecified atom stereocenters. The fraction of sp³-hybridized carbons (Fsp3) is 0.250. The van der Waals surface area contributed by atoms with Gasteiger partial charge in [-0.1, -0.05) is 30.0 Å². The van der Waals surface area contributed by atoms with Gasteiger partial charge in [0.1, 0.15) is 0 Å². The summed E-state index contributed by atoms with van der Waals surface area (Å²) in [6.07, 6.45) is 0. The number of benzene rings is 1. The summed E-state index contributed by atoms with van der Waals surface area (Å²) in [4.78, 5) is 16.7. The second-order valence-electron chi connectivity index (χ2n) is 3.80. The molecule has 4 N–H and O–H groups in total. The van der Waals surface area contributed by atoms with Crippen molar-refractivity contribution in [2.24, 2.45) is 0 Å². The Hall–Kier alpha value is -1.67. The molecule has 106 valence electrons. The van der Waals surface area contributed by atoms with Crippen LogP contribution in [0.3, 0.4) is 0 Å². The molecule has 1 aromatic carbocycles. The molecular formula is C12H15N5OS2. The maximum atomic E-state index is 11.6. The van der Waals surface area contributed by atoms with Gasteiger partial charge in [0.05, 0.1) is 5.75 Å². The van der Waals surface area contributed by atoms with E-state index in [1.807, 2.05) is 18.2 Å². The van der Waals surface area contributed by atoms with E-state index in [4.69, 9.17) is 5.73 Å². The van der Waals surface area contributed by atoms with Crippen LogP contribution in [-0.2, 0) is 4.79 Å². The number of nitrogen functional groups attached to an aromatic ring is 1. The van der Waals surface area contributed by atoms with Gasteiger partial charge in [-0.05, 0) is 12.1 Å². The number of rotatable bonds is 7. The number of amides is 1. The maximum absolute atomic E-state index is 11.6. The Labute approximate surface area is 125 Å². The molecule has 20 heavy (non-hydrogen) atoms. The first-order chi connectivity index (χ1) is 9.74. The number of carbonyl (C=O) groups is 1. The van der Waals surface area contributed by atoms with Crippen LogP contribution >= 0.6 is 23.5 Å². The number of aromatic nitrogens is 3. The van der Waals surface area contributed by atoms with E-state index in [0.29, 0.717) is 11.7 Å². The molecule has 0 radical (unpaired) electrons. The van der Waals surface area contributed by atoms with Crippen LogP contribution in [0.25, 0.3) is 0 Å². The van der Waals surface area contributed by atoms with E-state index < -0.39 is 0 Å². The predicted molar refractivity (Wildman–Crippen MR) is 81.7 cm³/mol. The highest BCUT2D eigenvalue weighted by atomic mass is 32.2. The molecule has 1 heterocycles. The van der Waals surface area contributed by atoms with Crippen molar-refractivity contribution in [3.63, 3.8) is 0 Å². The minimum atomic E-state index is -0.0352. The van der Waals surface area contributed by atoms with E-state index in [1.165, 1.54) is 16.7 Å². The van der Waals surface area contributed by atoms with Crippen LogP contribution in [0.1, 0.15) is 0 Å². The SMILES string of the molecule is Nc1nc(SCC(=O)NCCSc2ccccc2)n[nH]1. The summed E-state index contributed by atoms with van der Waals surface area (Å²) in [5.74, 6) is 1.35. The lowest BCUT2D eigenvalue weighted by Gasteiger charge is -2.04. The first kappa shape index (κ1) is 14.7. The number of nitrogens with two attached hydrogens (primary N) is 1. The number of aromatic amines is 1. The summed E-state index contributed by atoms with van der Waals surface area (Å²) in [6, 6.07) is 10.1. The van der Waals surface area contributed by atoms with Crippen molar-refractivity contribution in [2.45, 2.75) is 10.1 Å². The van der Waals surface area contributed by atoms with Gasteiger partial charge >= 0.3 is 0 Å². The topological polar surface area (TPSA) is 96.7 Å². The number of H-pyrrole nitrogens is 1. The van der Waals surface area contributed by atoms with Crippen LogP contribution in [0.5, 0.6) is 0 Å². The molecule has 0 bridgehead atoms. The van der Waals surface area contributed by atoms with Crippen molar-refractivity contribution in [2.75, 3.05) is 23.8 Å². The molecule has 0 aliphatic carbocycles. The largest absolute Gasteiger partial charge is 0.368 e. The number of carbonyl (C=O) groups excluding carboxylic acids is 1. The van der Waals surface area contributed by atoms with E-state index in [-0.39, 0.29) is 17.6 Å². The highest BCUT2D eigenvalue weighted by molar-refractivity contribution is 7.99. The molecule has 0 fully saturated rings. The van der Waals surface area contributed by atoms with Crippen LogP contribution in [0, 0.1) is 0 Å². The van der Waals surface area contributed by atoms with Crippen molar-refractivity contribution in [1.82, 2.24) is 20.5 Å². The summed E-state index contributed by atoms with van der Waals surface area (Å²) in [7, 11) is 0. The van der Waals surface area contributed by atoms with Gasteiger partial charge in [0.25, 0.3) is 0 Å². The van der Waals surface area contributed by atoms with Crippen LogP contribution in [-0.4, -0.2) is 39.1 Å². The molecule has 0 atom stereocenters. The van der Waals surface area contributed by atoms with Crippen molar-refractivity contribution in [1.29, 1.82) is 0 Å². The molecule has 8 heteroatoms. The molecule has 1 amide bonds. The quantitative estimate of drug-likeness (QED) is 0.528. The third-order valence-electron chi connectivity index (χ3n) is 2.25. The fourth-order valence-corrected chi connectivity index (χ4v) is 2.80. The summed E-state index contributed by atoms with van der Waals surface area (Å²) in [5.41, 5.74) is 5.39. The Balaban J connectivity index is 1.58. The lowest BCUT2D eigenvalue weighted by atomic mass is 10.4. The van der Waals surface area contributed by atoms with E-state index in [0.717, 1.165) is 5.75 Å². The number of thioether (sulfide) groups is 2. The van der Waals surface area contributed by atoms with E-state index in [9.17, 15) is 4.79 Å². The molecule has 0 aliphatic rings. The van der Waals surface area contributed by atoms with Crippen LogP contribution in [0.4, 0.5) is 5.95 Å². The zero-order valence-electron chi connectivity index (χ0n) is 10.7. The van der Waals surface area contributed by atoms with Crippen molar-refractivity contribution in [3.05, 3.63) is 30.3 Å². The predicted octanol–water partition coefficient (Wildman–Crippen LogP) is 1.39. The van der Waals surface area contributed by atoms with Crippen LogP contribution < -0.4 is 11.1 Å². The first-order valence-electron chi connectivity index (χ1n) is 5.99. The van der Waals surface area contributed by atoms with Gasteiger partial charge < -0.3 is 11.1 Å². The molecular weight excluding hydrogens is 294 g/mol. The van der Waals surface area contributed by atoms with Crippen LogP contribution in [0.2, 0.25) is 0 Å². The highest BCUT2D eigenvalue weighted by Crippen LogP contribution is 2.16. The number of hydrogen-bond acceptors (Lipinski definition) is 6. The molecule has 0 saturated heterocycles. The standard InChI is InChI=1S/C12H15N5OS2/c13-11-15-12(17-16-11)20-8-10(18)14-6-7-19-9-4-2-1-3-5-9/h1-5H,6-8H2,(H,14,18)(H3,13,15,16,17). The van der Waals surface area contributed by atoms with Gasteiger partial charge in [0.15, 0.2) is 0 Å². The molecule has 2 rings (SSSR count). The minimum Gasteiger partial charge on any atom is -0.368 e. The molecule has 0 spiro atoms. The van der Waals surface area contributed by atoms with E-state index >= 15 is 0 Å². The Morgan fingerprint density at radius 3 is 2.80 bits per heavy atom. The van der Waals surface area contributed by atoms with E-state index in [2.05, 4.69) is 32.6 Å². The van der Waals surface area contributed by atoms with Gasteiger partial charge in [0, 0.05) is 17.2 Å². The fourth-order valence-electron chi connectivity index (χ4n) is 1.38. The smallest absolute Gasteiger partial charge is 0.230 e. The van der Waals surface area contributed by atoms with Gasteiger partial charge in [-0.3, -0.25) is 4.79 Å². The third-order valence-corrected chi connectivity index (χ3v) is 4.11. The number of hydrogen-bond donors (Lipinski definition) is 3. The maximum Gasteiger partial charge on any atom is 0.230 e. The van der Waals surface area contributed by atoms with Crippen molar-refractivity contribution in [3.8, 4) is 0 Å². The Bertz CT molecular complexity index is 546. The van der Waals surface area contributed by atoms with Gasteiger partial charge in [0.2, 0.25) is 17.0 Å². The normalized spacial score (nSPS) is 10.4. The summed E-state index contributed by atoms with van der Waals surface area (Å²) in [5, 5.41) is 9.70. The third kappa shape index (κ3) is 5.14. The number of nitrogens with zero attached hydrogens (tertiary/aromatic N) is 2. The van der Waals surface area contributed by atoms with Gasteiger partial charge in [-0.25, -0.2) is 5.10 Å². The number of anilines is 1. The Morgan fingerprint density at radius 2 is 2.10 bits per heavy atom. The Kier molecular flexibility index (Phi) is 5.75. The van der Waals surface area contributed by atoms with E-state index in [1.54, 1.807) is 11.8 Å². The zero-order chi connectivity index (χ0) is 14.2. The van der Waals surface area contributed by atoms with Crippen molar-refractivity contribution < 1.29 is 4.79 Å². The second-order valence-corrected chi connectivity index (χ2v) is 5.91. The summed E-state index contributed by atoms with van der Waals surface area (Å²) < 4.78 is 0. The molecule has 0 aliphatic heterocycles. The second kappa shape index (κ2) is 7.81. The molecule has 1 aromatic heterocycles. The molecule has 6 nitrogen and oxygen atoms in total. The summed E-state index contributed by atoms with van der Waals surface area (Å²) in [6.45, 7) is 0.634. The first-order valence-corrected chi connectivity index (χ1v) is 7.96. The average molecular weight is 309 g/mol.